The molecule has 2 aromatic carbocycles. The van der Waals surface area contributed by atoms with Crippen LogP contribution in [0, 0.1) is 17.3 Å². The standard InChI is InChI=1S/C30H25ClF2N8/c31-24-13-21(37-29(19-6-9-27(33)35-15-19)26-17-41(40-39-26)22-7-8-22)12-23-28(20(14-34)16-36-30(23)24)38-25(10-11-32)18-4-2-1-3-5-18/h1-6,9,12-13,15-17,22,25,29,37H,7-8,10-11H2,(H,36,38)/t25-,29?/m1/s1/i29D. The van der Waals surface area contributed by atoms with Crippen molar-refractivity contribution in [2.75, 3.05) is 17.3 Å². The largest absolute Gasteiger partial charge is 0.376 e. The molecule has 8 nitrogen and oxygen atoms in total. The number of pyridine rings is 2. The second-order valence-electron chi connectivity index (χ2n) is 9.78. The van der Waals surface area contributed by atoms with Crippen molar-refractivity contribution >= 4 is 33.9 Å². The number of anilines is 2. The first-order valence-electron chi connectivity index (χ1n) is 13.6. The molecule has 1 saturated carbocycles. The summed E-state index contributed by atoms with van der Waals surface area (Å²) in [5.74, 6) is -0.677. The van der Waals surface area contributed by atoms with Crippen LogP contribution in [0.4, 0.5) is 20.2 Å². The molecule has 5 aromatic rings. The topological polar surface area (TPSA) is 104 Å². The molecule has 1 aliphatic carbocycles. The van der Waals surface area contributed by atoms with Gasteiger partial charge in [0.1, 0.15) is 11.8 Å². The first kappa shape index (κ1) is 25.4. The van der Waals surface area contributed by atoms with E-state index >= 15 is 0 Å². The highest BCUT2D eigenvalue weighted by Crippen LogP contribution is 2.38. The lowest BCUT2D eigenvalue weighted by Crippen LogP contribution is -2.15. The predicted octanol–water partition coefficient (Wildman–Crippen LogP) is 6.93. The van der Waals surface area contributed by atoms with Gasteiger partial charge in [-0.05, 0) is 42.2 Å². The van der Waals surface area contributed by atoms with Crippen molar-refractivity contribution in [3.05, 3.63) is 107 Å². The lowest BCUT2D eigenvalue weighted by molar-refractivity contribution is 0.451. The summed E-state index contributed by atoms with van der Waals surface area (Å²) in [5, 5.41) is 25.8. The van der Waals surface area contributed by atoms with Crippen LogP contribution in [0.3, 0.4) is 0 Å². The van der Waals surface area contributed by atoms with Gasteiger partial charge in [0.05, 0.1) is 54.1 Å². The van der Waals surface area contributed by atoms with Gasteiger partial charge in [-0.25, -0.2) is 9.67 Å². The van der Waals surface area contributed by atoms with Crippen LogP contribution in [0.15, 0.2) is 73.2 Å². The maximum absolute atomic E-state index is 13.7. The highest BCUT2D eigenvalue weighted by Gasteiger charge is 2.27. The molecule has 1 unspecified atom stereocenters. The highest BCUT2D eigenvalue weighted by atomic mass is 35.5. The normalized spacial score (nSPS) is 15.5. The van der Waals surface area contributed by atoms with Gasteiger partial charge in [-0.15, -0.1) is 5.10 Å². The number of rotatable bonds is 10. The fourth-order valence-electron chi connectivity index (χ4n) is 4.72. The summed E-state index contributed by atoms with van der Waals surface area (Å²) in [7, 11) is 0. The maximum atomic E-state index is 13.7. The minimum absolute atomic E-state index is 0.175. The van der Waals surface area contributed by atoms with Crippen LogP contribution >= 0.6 is 11.6 Å². The van der Waals surface area contributed by atoms with Crippen LogP contribution in [-0.2, 0) is 0 Å². The van der Waals surface area contributed by atoms with Gasteiger partial charge in [0.25, 0.3) is 0 Å². The number of hydrogen-bond donors (Lipinski definition) is 2. The Kier molecular flexibility index (Phi) is 7.09. The monoisotopic (exact) mass is 571 g/mol. The molecule has 0 amide bonds. The van der Waals surface area contributed by atoms with Gasteiger partial charge in [0, 0.05) is 29.9 Å². The minimum Gasteiger partial charge on any atom is -0.376 e. The van der Waals surface area contributed by atoms with E-state index in [0.29, 0.717) is 27.8 Å². The molecule has 0 spiro atoms. The predicted molar refractivity (Wildman–Crippen MR) is 153 cm³/mol. The summed E-state index contributed by atoms with van der Waals surface area (Å²) in [5.41, 5.74) is 3.00. The second kappa shape index (κ2) is 11.5. The third-order valence-corrected chi connectivity index (χ3v) is 7.22. The van der Waals surface area contributed by atoms with Crippen LogP contribution in [-0.4, -0.2) is 31.6 Å². The van der Waals surface area contributed by atoms with Crippen LogP contribution in [0.1, 0.15) is 61.1 Å². The maximum Gasteiger partial charge on any atom is 0.212 e. The summed E-state index contributed by atoms with van der Waals surface area (Å²) in [6.07, 6.45) is 6.54. The summed E-state index contributed by atoms with van der Waals surface area (Å²) in [6, 6.07) is 15.6. The molecule has 0 radical (unpaired) electrons. The van der Waals surface area contributed by atoms with Gasteiger partial charge in [-0.2, -0.15) is 9.65 Å². The van der Waals surface area contributed by atoms with E-state index in [1.165, 1.54) is 24.5 Å². The fraction of sp³-hybridized carbons (Fsp3) is 0.233. The average Bonchev–Trinajstić information content (AvgIpc) is 3.73. The van der Waals surface area contributed by atoms with E-state index in [1.807, 2.05) is 30.3 Å². The van der Waals surface area contributed by atoms with Gasteiger partial charge in [0.2, 0.25) is 5.95 Å². The Morgan fingerprint density at radius 2 is 1.93 bits per heavy atom. The average molecular weight is 572 g/mol. The van der Waals surface area contributed by atoms with E-state index in [9.17, 15) is 15.4 Å². The zero-order valence-corrected chi connectivity index (χ0v) is 22.5. The first-order valence-corrected chi connectivity index (χ1v) is 13.5. The van der Waals surface area contributed by atoms with E-state index in [4.69, 9.17) is 11.6 Å². The second-order valence-corrected chi connectivity index (χ2v) is 10.2. The number of halogens is 3. The zero-order chi connectivity index (χ0) is 29.3. The summed E-state index contributed by atoms with van der Waals surface area (Å²) >= 11 is 6.71. The Labute approximate surface area is 241 Å². The molecule has 0 aliphatic heterocycles. The first-order chi connectivity index (χ1) is 20.4. The molecule has 41 heavy (non-hydrogen) atoms. The molecule has 2 N–H and O–H groups in total. The number of aromatic nitrogens is 5. The Morgan fingerprint density at radius 3 is 2.63 bits per heavy atom. The van der Waals surface area contributed by atoms with Gasteiger partial charge in [0.15, 0.2) is 0 Å². The quantitative estimate of drug-likeness (QED) is 0.175. The number of nitriles is 1. The van der Waals surface area contributed by atoms with E-state index in [1.54, 1.807) is 23.0 Å². The molecular formula is C30H25ClF2N8. The van der Waals surface area contributed by atoms with Crippen molar-refractivity contribution in [1.82, 2.24) is 25.0 Å². The lowest BCUT2D eigenvalue weighted by atomic mass is 10.0. The number of alkyl halides is 1. The van der Waals surface area contributed by atoms with Crippen LogP contribution in [0.2, 0.25) is 5.02 Å². The summed E-state index contributed by atoms with van der Waals surface area (Å²) in [4.78, 5) is 8.17. The van der Waals surface area contributed by atoms with Crippen molar-refractivity contribution in [3.63, 3.8) is 0 Å². The van der Waals surface area contributed by atoms with Crippen LogP contribution in [0.25, 0.3) is 10.9 Å². The van der Waals surface area contributed by atoms with Crippen molar-refractivity contribution in [3.8, 4) is 6.07 Å². The lowest BCUT2D eigenvalue weighted by Gasteiger charge is -2.23. The van der Waals surface area contributed by atoms with Crippen molar-refractivity contribution in [2.45, 2.75) is 37.4 Å². The zero-order valence-electron chi connectivity index (χ0n) is 22.7. The Balaban J connectivity index is 1.46. The van der Waals surface area contributed by atoms with Gasteiger partial charge < -0.3 is 10.6 Å². The van der Waals surface area contributed by atoms with E-state index in [-0.39, 0.29) is 28.7 Å². The molecule has 2 atom stereocenters. The summed E-state index contributed by atoms with van der Waals surface area (Å²) in [6.45, 7) is -0.570. The molecule has 1 fully saturated rings. The Hall–Kier alpha value is -4.62. The number of benzene rings is 2. The van der Waals surface area contributed by atoms with Crippen LogP contribution < -0.4 is 10.6 Å². The minimum atomic E-state index is -1.72. The molecule has 3 heterocycles. The number of fused-ring (bicyclic) bond motifs is 1. The molecule has 1 aliphatic rings. The number of nitrogens with one attached hydrogen (secondary N) is 2. The smallest absolute Gasteiger partial charge is 0.212 e. The molecule has 11 heteroatoms. The fourth-order valence-corrected chi connectivity index (χ4v) is 4.99. The van der Waals surface area contributed by atoms with E-state index in [2.05, 4.69) is 37.0 Å². The third kappa shape index (κ3) is 5.67. The van der Waals surface area contributed by atoms with Gasteiger partial charge in [-0.3, -0.25) is 9.37 Å². The third-order valence-electron chi connectivity index (χ3n) is 6.94. The number of hydrogen-bond acceptors (Lipinski definition) is 7. The van der Waals surface area contributed by atoms with Crippen molar-refractivity contribution < 1.29 is 10.2 Å². The molecular weight excluding hydrogens is 546 g/mol. The van der Waals surface area contributed by atoms with Crippen molar-refractivity contribution in [2.24, 2.45) is 0 Å². The number of nitrogens with zero attached hydrogens (tertiary/aromatic N) is 6. The molecule has 0 bridgehead atoms. The molecule has 0 saturated heterocycles. The van der Waals surface area contributed by atoms with Crippen LogP contribution in [0.5, 0.6) is 0 Å². The Bertz CT molecular complexity index is 1770. The SMILES string of the molecule is [2H]C(Nc1cc(Cl)c2ncc(C#N)c(N[C@H](CCF)c3ccccc3)c2c1)(c1ccc(F)nc1)c1cn(C2CC2)nn1. The van der Waals surface area contributed by atoms with Crippen molar-refractivity contribution in [1.29, 1.82) is 5.26 Å². The summed E-state index contributed by atoms with van der Waals surface area (Å²) < 4.78 is 38.6. The molecule has 206 valence electrons. The van der Waals surface area contributed by atoms with Gasteiger partial charge in [-0.1, -0.05) is 53.2 Å². The highest BCUT2D eigenvalue weighted by molar-refractivity contribution is 6.35. The van der Waals surface area contributed by atoms with E-state index < -0.39 is 24.7 Å². The molecule has 3 aromatic heterocycles. The Morgan fingerprint density at radius 1 is 1.10 bits per heavy atom. The molecule has 6 rings (SSSR count). The van der Waals surface area contributed by atoms with E-state index in [0.717, 1.165) is 18.4 Å². The van der Waals surface area contributed by atoms with Gasteiger partial charge >= 0.3 is 0 Å².